The van der Waals surface area contributed by atoms with Crippen molar-refractivity contribution in [2.45, 2.75) is 0 Å². The lowest BCUT2D eigenvalue weighted by atomic mass is 10.0. The topological polar surface area (TPSA) is 29.3 Å². The summed E-state index contributed by atoms with van der Waals surface area (Å²) in [5, 5.41) is 4.51. The summed E-state index contributed by atoms with van der Waals surface area (Å²) in [5.41, 5.74) is 8.24. The van der Waals surface area contributed by atoms with Gasteiger partial charge in [-0.3, -0.25) is 0 Å². The number of para-hydroxylation sites is 1. The Balaban J connectivity index is 1.25. The quantitative estimate of drug-likeness (QED) is 0.218. The average Bonchev–Trinajstić information content (AvgIpc) is 3.51. The molecule has 0 aliphatic heterocycles. The predicted octanol–water partition coefficient (Wildman–Crippen LogP) is 10.9. The van der Waals surface area contributed by atoms with Crippen LogP contribution >= 0.6 is 0 Å². The molecule has 8 rings (SSSR count). The molecule has 0 N–H and O–H groups in total. The van der Waals surface area contributed by atoms with E-state index < -0.39 is 0 Å². The van der Waals surface area contributed by atoms with E-state index in [0.717, 1.165) is 44.5 Å². The van der Waals surface area contributed by atoms with Crippen LogP contribution in [0.5, 0.6) is 0 Å². The Morgan fingerprint density at radius 1 is 0.429 bits per heavy atom. The fourth-order valence-corrected chi connectivity index (χ4v) is 5.74. The van der Waals surface area contributed by atoms with E-state index in [2.05, 4.69) is 144 Å². The number of benzene rings is 7. The Labute approximate surface area is 243 Å². The maximum absolute atomic E-state index is 6.50. The zero-order valence-electron chi connectivity index (χ0n) is 22.8. The van der Waals surface area contributed by atoms with Crippen molar-refractivity contribution in [1.29, 1.82) is 0 Å². The zero-order valence-corrected chi connectivity index (χ0v) is 22.8. The molecule has 0 aliphatic carbocycles. The van der Waals surface area contributed by atoms with E-state index in [9.17, 15) is 0 Å². The molecule has 0 fully saturated rings. The first-order valence-corrected chi connectivity index (χ1v) is 14.1. The molecule has 1 heterocycles. The van der Waals surface area contributed by atoms with Gasteiger partial charge >= 0.3 is 0 Å². The zero-order chi connectivity index (χ0) is 27.9. The van der Waals surface area contributed by atoms with Crippen molar-refractivity contribution in [2.75, 3.05) is 4.90 Å². The first kappa shape index (κ1) is 24.2. The lowest BCUT2D eigenvalue weighted by Crippen LogP contribution is -2.09. The largest absolute Gasteiger partial charge is 0.435 e. The minimum Gasteiger partial charge on any atom is -0.435 e. The minimum atomic E-state index is 0.630. The highest BCUT2D eigenvalue weighted by atomic mass is 16.3. The van der Waals surface area contributed by atoms with Crippen LogP contribution in [-0.2, 0) is 0 Å². The first-order valence-electron chi connectivity index (χ1n) is 14.1. The Morgan fingerprint density at radius 3 is 1.83 bits per heavy atom. The molecular weight excluding hydrogens is 512 g/mol. The minimum absolute atomic E-state index is 0.630. The summed E-state index contributed by atoms with van der Waals surface area (Å²) < 4.78 is 6.50. The Hall–Kier alpha value is -5.67. The molecular formula is C39H26N2O. The van der Waals surface area contributed by atoms with E-state index >= 15 is 0 Å². The van der Waals surface area contributed by atoms with E-state index in [1.807, 2.05) is 18.2 Å². The normalized spacial score (nSPS) is 11.3. The molecule has 3 heteroatoms. The molecule has 198 valence electrons. The Morgan fingerprint density at radius 2 is 1.02 bits per heavy atom. The van der Waals surface area contributed by atoms with E-state index in [-0.39, 0.29) is 0 Å². The standard InChI is InChI=1S/C39H26N2O/c1-3-9-27(10-4-1)29-17-21-34(22-18-29)41(33-13-5-2-6-14-33)35-23-19-30-20-24-37-38(36(30)26-35)42-39(40-37)32-16-15-28-11-7-8-12-31(28)25-32/h1-26H. The summed E-state index contributed by atoms with van der Waals surface area (Å²) >= 11 is 0. The lowest BCUT2D eigenvalue weighted by molar-refractivity contribution is 0.623. The number of aromatic nitrogens is 1. The van der Waals surface area contributed by atoms with Crippen molar-refractivity contribution >= 4 is 49.7 Å². The molecule has 1 aromatic heterocycles. The maximum atomic E-state index is 6.50. The average molecular weight is 539 g/mol. The molecule has 0 bridgehead atoms. The number of hydrogen-bond donors (Lipinski definition) is 0. The van der Waals surface area contributed by atoms with Crippen LogP contribution < -0.4 is 4.90 Å². The van der Waals surface area contributed by atoms with Gasteiger partial charge in [-0.05, 0) is 81.9 Å². The molecule has 3 nitrogen and oxygen atoms in total. The summed E-state index contributed by atoms with van der Waals surface area (Å²) in [7, 11) is 0. The van der Waals surface area contributed by atoms with Crippen molar-refractivity contribution in [1.82, 2.24) is 4.98 Å². The van der Waals surface area contributed by atoms with Gasteiger partial charge in [0, 0.05) is 28.0 Å². The fraction of sp³-hybridized carbons (Fsp3) is 0. The molecule has 0 spiro atoms. The van der Waals surface area contributed by atoms with Crippen molar-refractivity contribution in [3.8, 4) is 22.6 Å². The van der Waals surface area contributed by atoms with Crippen LogP contribution in [0.3, 0.4) is 0 Å². The van der Waals surface area contributed by atoms with E-state index in [1.54, 1.807) is 0 Å². The molecule has 0 saturated heterocycles. The van der Waals surface area contributed by atoms with Gasteiger partial charge in [0.15, 0.2) is 5.58 Å². The highest BCUT2D eigenvalue weighted by Crippen LogP contribution is 2.39. The number of fused-ring (bicyclic) bond motifs is 4. The number of hydrogen-bond acceptors (Lipinski definition) is 3. The fourth-order valence-electron chi connectivity index (χ4n) is 5.74. The number of anilines is 3. The second kappa shape index (κ2) is 10.1. The van der Waals surface area contributed by atoms with Crippen LogP contribution in [-0.4, -0.2) is 4.98 Å². The SMILES string of the molecule is c1ccc(-c2ccc(N(c3ccccc3)c3ccc4ccc5nc(-c6ccc7ccccc7c6)oc5c4c3)cc2)cc1. The third-order valence-corrected chi connectivity index (χ3v) is 7.86. The highest BCUT2D eigenvalue weighted by molar-refractivity contribution is 6.05. The molecule has 0 unspecified atom stereocenters. The summed E-state index contributed by atoms with van der Waals surface area (Å²) in [4.78, 5) is 7.17. The van der Waals surface area contributed by atoms with Crippen molar-refractivity contribution in [2.24, 2.45) is 0 Å². The van der Waals surface area contributed by atoms with Crippen LogP contribution in [0.4, 0.5) is 17.1 Å². The van der Waals surface area contributed by atoms with E-state index in [1.165, 1.54) is 21.9 Å². The maximum Gasteiger partial charge on any atom is 0.227 e. The van der Waals surface area contributed by atoms with Gasteiger partial charge in [0.1, 0.15) is 5.52 Å². The van der Waals surface area contributed by atoms with Crippen molar-refractivity contribution < 1.29 is 4.42 Å². The molecule has 42 heavy (non-hydrogen) atoms. The van der Waals surface area contributed by atoms with Crippen LogP contribution in [0.15, 0.2) is 162 Å². The molecule has 0 radical (unpaired) electrons. The van der Waals surface area contributed by atoms with Crippen LogP contribution in [0.25, 0.3) is 55.2 Å². The van der Waals surface area contributed by atoms with Gasteiger partial charge in [-0.2, -0.15) is 0 Å². The molecule has 0 aliphatic rings. The van der Waals surface area contributed by atoms with Crippen molar-refractivity contribution in [3.63, 3.8) is 0 Å². The van der Waals surface area contributed by atoms with Crippen LogP contribution in [0, 0.1) is 0 Å². The van der Waals surface area contributed by atoms with E-state index in [0.29, 0.717) is 5.89 Å². The summed E-state index contributed by atoms with van der Waals surface area (Å²) in [5.74, 6) is 0.630. The molecule has 0 saturated carbocycles. The monoisotopic (exact) mass is 538 g/mol. The second-order valence-electron chi connectivity index (χ2n) is 10.5. The van der Waals surface area contributed by atoms with Gasteiger partial charge < -0.3 is 9.32 Å². The van der Waals surface area contributed by atoms with E-state index in [4.69, 9.17) is 9.40 Å². The summed E-state index contributed by atoms with van der Waals surface area (Å²) in [6.45, 7) is 0. The van der Waals surface area contributed by atoms with Gasteiger partial charge in [-0.25, -0.2) is 4.98 Å². The smallest absolute Gasteiger partial charge is 0.227 e. The predicted molar refractivity (Wildman–Crippen MR) is 175 cm³/mol. The Kier molecular flexibility index (Phi) is 5.79. The second-order valence-corrected chi connectivity index (χ2v) is 10.5. The van der Waals surface area contributed by atoms with Gasteiger partial charge in [-0.1, -0.05) is 103 Å². The summed E-state index contributed by atoms with van der Waals surface area (Å²) in [6, 6.07) is 55.1. The van der Waals surface area contributed by atoms with Gasteiger partial charge in [0.25, 0.3) is 0 Å². The van der Waals surface area contributed by atoms with Crippen molar-refractivity contribution in [3.05, 3.63) is 158 Å². The highest BCUT2D eigenvalue weighted by Gasteiger charge is 2.16. The number of nitrogens with zero attached hydrogens (tertiary/aromatic N) is 2. The lowest BCUT2D eigenvalue weighted by Gasteiger charge is -2.26. The molecule has 0 amide bonds. The van der Waals surface area contributed by atoms with Gasteiger partial charge in [0.2, 0.25) is 5.89 Å². The third kappa shape index (κ3) is 4.29. The molecule has 8 aromatic rings. The van der Waals surface area contributed by atoms with Gasteiger partial charge in [-0.15, -0.1) is 0 Å². The third-order valence-electron chi connectivity index (χ3n) is 7.86. The summed E-state index contributed by atoms with van der Waals surface area (Å²) in [6.07, 6.45) is 0. The van der Waals surface area contributed by atoms with Crippen LogP contribution in [0.2, 0.25) is 0 Å². The number of rotatable bonds is 5. The molecule has 0 atom stereocenters. The van der Waals surface area contributed by atoms with Gasteiger partial charge in [0.05, 0.1) is 0 Å². The molecule has 7 aromatic carbocycles. The van der Waals surface area contributed by atoms with Crippen LogP contribution in [0.1, 0.15) is 0 Å². The Bertz CT molecular complexity index is 2180. The number of oxazole rings is 1. The first-order chi connectivity index (χ1) is 20.8.